The lowest BCUT2D eigenvalue weighted by atomic mass is 9.94. The number of esters is 2. The Morgan fingerprint density at radius 3 is 2.03 bits per heavy atom. The normalized spacial score (nSPS) is 14.1. The van der Waals surface area contributed by atoms with E-state index in [-0.39, 0.29) is 24.1 Å². The molecule has 0 aromatic heterocycles. The Morgan fingerprint density at radius 1 is 0.867 bits per heavy atom. The highest BCUT2D eigenvalue weighted by Crippen LogP contribution is 2.22. The molecule has 2 aromatic carbocycles. The van der Waals surface area contributed by atoms with E-state index in [4.69, 9.17) is 9.47 Å². The van der Waals surface area contributed by atoms with Gasteiger partial charge >= 0.3 is 11.9 Å². The van der Waals surface area contributed by atoms with Gasteiger partial charge in [-0.3, -0.25) is 0 Å². The quantitative estimate of drug-likeness (QED) is 0.365. The maximum Gasteiger partial charge on any atom is 0.338 e. The van der Waals surface area contributed by atoms with Crippen LogP contribution >= 0.6 is 0 Å². The van der Waals surface area contributed by atoms with Gasteiger partial charge in [0.25, 0.3) is 0 Å². The average Bonchev–Trinajstić information content (AvgIpc) is 2.79. The molecule has 0 spiro atoms. The second-order valence-electron chi connectivity index (χ2n) is 7.39. The minimum Gasteiger partial charge on any atom is -0.459 e. The molecule has 2 aromatic rings. The first-order valence-corrected chi connectivity index (χ1v) is 10.7. The van der Waals surface area contributed by atoms with E-state index < -0.39 is 5.97 Å². The van der Waals surface area contributed by atoms with Gasteiger partial charge in [-0.25, -0.2) is 9.59 Å². The zero-order valence-electron chi connectivity index (χ0n) is 18.3. The van der Waals surface area contributed by atoms with Crippen LogP contribution in [0.1, 0.15) is 62.0 Å². The number of ether oxygens (including phenoxy) is 2. The molecular weight excluding hydrogens is 376 g/mol. The number of rotatable bonds is 10. The van der Waals surface area contributed by atoms with Crippen molar-refractivity contribution in [2.75, 3.05) is 0 Å². The van der Waals surface area contributed by atoms with Gasteiger partial charge in [0.05, 0.1) is 5.56 Å². The zero-order chi connectivity index (χ0) is 21.9. The molecule has 3 atom stereocenters. The van der Waals surface area contributed by atoms with E-state index in [1.54, 1.807) is 18.2 Å². The molecule has 0 saturated heterocycles. The molecule has 4 nitrogen and oxygen atoms in total. The third-order valence-corrected chi connectivity index (χ3v) is 5.31. The maximum absolute atomic E-state index is 12.6. The fraction of sp³-hybridized carbons (Fsp3) is 0.385. The molecule has 30 heavy (non-hydrogen) atoms. The van der Waals surface area contributed by atoms with Crippen LogP contribution in [0, 0.1) is 5.92 Å². The van der Waals surface area contributed by atoms with E-state index >= 15 is 0 Å². The highest BCUT2D eigenvalue weighted by molar-refractivity contribution is 5.89. The van der Waals surface area contributed by atoms with Crippen molar-refractivity contribution in [3.05, 3.63) is 77.4 Å². The van der Waals surface area contributed by atoms with E-state index in [9.17, 15) is 9.59 Å². The van der Waals surface area contributed by atoms with Crippen LogP contribution in [0.3, 0.4) is 0 Å². The van der Waals surface area contributed by atoms with Gasteiger partial charge in [-0.05, 0) is 48.6 Å². The summed E-state index contributed by atoms with van der Waals surface area (Å²) in [7, 11) is 0. The van der Waals surface area contributed by atoms with Crippen LogP contribution in [-0.2, 0) is 20.7 Å². The summed E-state index contributed by atoms with van der Waals surface area (Å²) in [5.74, 6) is -0.858. The lowest BCUT2D eigenvalue weighted by Gasteiger charge is -2.29. The van der Waals surface area contributed by atoms with Gasteiger partial charge in [-0.1, -0.05) is 70.2 Å². The summed E-state index contributed by atoms with van der Waals surface area (Å²) >= 11 is 0. The summed E-state index contributed by atoms with van der Waals surface area (Å²) in [5.41, 5.74) is 2.65. The Balaban J connectivity index is 1.98. The third-order valence-electron chi connectivity index (χ3n) is 5.31. The Hall–Kier alpha value is -2.88. The van der Waals surface area contributed by atoms with Gasteiger partial charge in [0.15, 0.2) is 0 Å². The van der Waals surface area contributed by atoms with Crippen molar-refractivity contribution in [3.63, 3.8) is 0 Å². The van der Waals surface area contributed by atoms with Gasteiger partial charge in [-0.15, -0.1) is 0 Å². The van der Waals surface area contributed by atoms with E-state index in [0.717, 1.165) is 12.0 Å². The molecule has 0 bridgehead atoms. The van der Waals surface area contributed by atoms with Gasteiger partial charge < -0.3 is 9.47 Å². The van der Waals surface area contributed by atoms with Crippen LogP contribution in [0.4, 0.5) is 0 Å². The third kappa shape index (κ3) is 6.87. The molecule has 0 fully saturated rings. The highest BCUT2D eigenvalue weighted by Gasteiger charge is 2.29. The summed E-state index contributed by atoms with van der Waals surface area (Å²) in [4.78, 5) is 24.9. The molecule has 3 unspecified atom stereocenters. The molecule has 0 aliphatic carbocycles. The summed E-state index contributed by atoms with van der Waals surface area (Å²) in [6, 6.07) is 17.1. The highest BCUT2D eigenvalue weighted by atomic mass is 16.6. The Kier molecular flexibility index (Phi) is 9.33. The first kappa shape index (κ1) is 23.4. The molecule has 2 rings (SSSR count). The van der Waals surface area contributed by atoms with Crippen LogP contribution in [0.2, 0.25) is 0 Å². The van der Waals surface area contributed by atoms with Crippen LogP contribution in [0.25, 0.3) is 6.08 Å². The lowest BCUT2D eigenvalue weighted by molar-refractivity contribution is -0.147. The van der Waals surface area contributed by atoms with Crippen molar-refractivity contribution in [2.24, 2.45) is 5.92 Å². The molecular formula is C26H32O4. The number of hydrogen-bond donors (Lipinski definition) is 0. The molecule has 0 heterocycles. The number of benzene rings is 2. The summed E-state index contributed by atoms with van der Waals surface area (Å²) in [5, 5.41) is 0. The largest absolute Gasteiger partial charge is 0.459 e. The first-order valence-electron chi connectivity index (χ1n) is 10.7. The minimum atomic E-state index is -0.395. The van der Waals surface area contributed by atoms with Gasteiger partial charge in [0.1, 0.15) is 12.2 Å². The Morgan fingerprint density at radius 2 is 1.47 bits per heavy atom. The molecule has 160 valence electrons. The Bertz CT molecular complexity index is 824. The second-order valence-corrected chi connectivity index (χ2v) is 7.39. The predicted molar refractivity (Wildman–Crippen MR) is 120 cm³/mol. The van der Waals surface area contributed by atoms with E-state index in [0.29, 0.717) is 18.4 Å². The van der Waals surface area contributed by atoms with Crippen molar-refractivity contribution < 1.29 is 19.1 Å². The number of carbonyl (C=O) groups is 2. The smallest absolute Gasteiger partial charge is 0.338 e. The van der Waals surface area contributed by atoms with E-state index in [1.807, 2.05) is 63.2 Å². The first-order chi connectivity index (χ1) is 14.5. The van der Waals surface area contributed by atoms with Crippen LogP contribution in [-0.4, -0.2) is 24.1 Å². The van der Waals surface area contributed by atoms with Crippen molar-refractivity contribution in [1.29, 1.82) is 0 Å². The summed E-state index contributed by atoms with van der Waals surface area (Å²) in [6.45, 7) is 7.97. The maximum atomic E-state index is 12.6. The SMILES string of the molecule is CCc1ccc(C(=O)OC(CC)C(C)C(CC)OC(=O)C=Cc2ccccc2)cc1. The van der Waals surface area contributed by atoms with Crippen molar-refractivity contribution >= 4 is 18.0 Å². The average molecular weight is 409 g/mol. The van der Waals surface area contributed by atoms with Crippen molar-refractivity contribution in [3.8, 4) is 0 Å². The predicted octanol–water partition coefficient (Wildman–Crippen LogP) is 5.86. The molecule has 0 N–H and O–H groups in total. The minimum absolute atomic E-state index is 0.118. The number of carbonyl (C=O) groups excluding carboxylic acids is 2. The van der Waals surface area contributed by atoms with E-state index in [1.165, 1.54) is 11.6 Å². The molecule has 0 aliphatic heterocycles. The number of hydrogen-bond acceptors (Lipinski definition) is 4. The van der Waals surface area contributed by atoms with E-state index in [2.05, 4.69) is 6.92 Å². The van der Waals surface area contributed by atoms with Crippen LogP contribution < -0.4 is 0 Å². The van der Waals surface area contributed by atoms with Crippen molar-refractivity contribution in [2.45, 2.75) is 59.2 Å². The monoisotopic (exact) mass is 408 g/mol. The standard InChI is InChI=1S/C26H32O4/c1-5-20-13-16-22(17-14-20)26(28)30-24(7-3)19(4)23(6-2)29-25(27)18-15-21-11-9-8-10-12-21/h8-19,23-24H,5-7H2,1-4H3. The van der Waals surface area contributed by atoms with Crippen LogP contribution in [0.5, 0.6) is 0 Å². The van der Waals surface area contributed by atoms with Gasteiger partial charge in [0, 0.05) is 12.0 Å². The number of aryl methyl sites for hydroxylation is 1. The molecule has 0 amide bonds. The fourth-order valence-electron chi connectivity index (χ4n) is 3.36. The molecule has 4 heteroatoms. The van der Waals surface area contributed by atoms with Crippen LogP contribution in [0.15, 0.2) is 60.7 Å². The topological polar surface area (TPSA) is 52.6 Å². The van der Waals surface area contributed by atoms with Crippen molar-refractivity contribution in [1.82, 2.24) is 0 Å². The Labute approximate surface area is 179 Å². The molecule has 0 radical (unpaired) electrons. The fourth-order valence-corrected chi connectivity index (χ4v) is 3.36. The summed E-state index contributed by atoms with van der Waals surface area (Å²) < 4.78 is 11.4. The molecule has 0 aliphatic rings. The molecule has 0 saturated carbocycles. The lowest BCUT2D eigenvalue weighted by Crippen LogP contribution is -2.35. The van der Waals surface area contributed by atoms with Gasteiger partial charge in [-0.2, -0.15) is 0 Å². The zero-order valence-corrected chi connectivity index (χ0v) is 18.3. The second kappa shape index (κ2) is 12.0. The summed E-state index contributed by atoms with van der Waals surface area (Å²) in [6.07, 6.45) is 4.72. The van der Waals surface area contributed by atoms with Gasteiger partial charge in [0.2, 0.25) is 0 Å².